The van der Waals surface area contributed by atoms with Gasteiger partial charge in [-0.3, -0.25) is 4.79 Å². The van der Waals surface area contributed by atoms with Crippen LogP contribution in [0.25, 0.3) is 0 Å². The fourth-order valence-electron chi connectivity index (χ4n) is 1.81. The number of nitrogens with two attached hydrogens (primary N) is 1. The first-order chi connectivity index (χ1) is 8.56. The number of aromatic nitrogens is 1. The lowest BCUT2D eigenvalue weighted by atomic mass is 10.2. The SMILES string of the molecule is CCN(CC)CC(C)NC(=O)c1ccnc(N)c1. The molecule has 5 heteroatoms. The summed E-state index contributed by atoms with van der Waals surface area (Å²) in [6.45, 7) is 9.04. The third kappa shape index (κ3) is 4.33. The van der Waals surface area contributed by atoms with Crippen LogP contribution in [0.2, 0.25) is 0 Å². The molecule has 1 amide bonds. The van der Waals surface area contributed by atoms with Crippen molar-refractivity contribution in [2.24, 2.45) is 0 Å². The first kappa shape index (κ1) is 14.4. The molecule has 0 aliphatic rings. The van der Waals surface area contributed by atoms with Crippen LogP contribution in [0.5, 0.6) is 0 Å². The van der Waals surface area contributed by atoms with Crippen LogP contribution in [0.4, 0.5) is 5.82 Å². The third-order valence-corrected chi connectivity index (χ3v) is 2.85. The van der Waals surface area contributed by atoms with E-state index in [1.54, 1.807) is 18.3 Å². The average Bonchev–Trinajstić information content (AvgIpc) is 2.35. The molecular formula is C13H22N4O. The second-order valence-corrected chi connectivity index (χ2v) is 4.33. The van der Waals surface area contributed by atoms with Gasteiger partial charge in [-0.25, -0.2) is 4.98 Å². The molecule has 0 aliphatic heterocycles. The van der Waals surface area contributed by atoms with Gasteiger partial charge in [-0.15, -0.1) is 0 Å². The average molecular weight is 250 g/mol. The summed E-state index contributed by atoms with van der Waals surface area (Å²) in [5.41, 5.74) is 6.10. The van der Waals surface area contributed by atoms with E-state index in [0.29, 0.717) is 11.4 Å². The molecule has 0 saturated carbocycles. The Morgan fingerprint density at radius 1 is 1.50 bits per heavy atom. The molecule has 1 unspecified atom stereocenters. The van der Waals surface area contributed by atoms with Gasteiger partial charge in [0.05, 0.1) is 0 Å². The van der Waals surface area contributed by atoms with E-state index in [-0.39, 0.29) is 11.9 Å². The topological polar surface area (TPSA) is 71.2 Å². The number of rotatable bonds is 6. The molecule has 1 aromatic rings. The highest BCUT2D eigenvalue weighted by Crippen LogP contribution is 2.03. The van der Waals surface area contributed by atoms with Crippen LogP contribution in [-0.2, 0) is 0 Å². The lowest BCUT2D eigenvalue weighted by molar-refractivity contribution is 0.0930. The van der Waals surface area contributed by atoms with Crippen molar-refractivity contribution in [2.45, 2.75) is 26.8 Å². The Hall–Kier alpha value is -1.62. The predicted octanol–water partition coefficient (Wildman–Crippen LogP) is 1.12. The number of amides is 1. The van der Waals surface area contributed by atoms with E-state index in [1.165, 1.54) is 0 Å². The number of carbonyl (C=O) groups is 1. The predicted molar refractivity (Wildman–Crippen MR) is 73.4 cm³/mol. The lowest BCUT2D eigenvalue weighted by Crippen LogP contribution is -2.41. The van der Waals surface area contributed by atoms with Crippen molar-refractivity contribution in [1.82, 2.24) is 15.2 Å². The lowest BCUT2D eigenvalue weighted by Gasteiger charge is -2.23. The van der Waals surface area contributed by atoms with Gasteiger partial charge in [-0.05, 0) is 32.1 Å². The minimum absolute atomic E-state index is 0.104. The molecule has 0 saturated heterocycles. The molecule has 0 bridgehead atoms. The Bertz CT molecular complexity index is 390. The Balaban J connectivity index is 2.54. The third-order valence-electron chi connectivity index (χ3n) is 2.85. The van der Waals surface area contributed by atoms with E-state index in [4.69, 9.17) is 5.73 Å². The summed E-state index contributed by atoms with van der Waals surface area (Å²) in [5.74, 6) is 0.253. The fourth-order valence-corrected chi connectivity index (χ4v) is 1.81. The van der Waals surface area contributed by atoms with Gasteiger partial charge in [-0.1, -0.05) is 13.8 Å². The Morgan fingerprint density at radius 3 is 2.72 bits per heavy atom. The summed E-state index contributed by atoms with van der Waals surface area (Å²) in [5, 5.41) is 2.96. The van der Waals surface area contributed by atoms with E-state index in [0.717, 1.165) is 19.6 Å². The number of nitrogen functional groups attached to an aromatic ring is 1. The first-order valence-electron chi connectivity index (χ1n) is 6.31. The summed E-state index contributed by atoms with van der Waals surface area (Å²) in [6.07, 6.45) is 1.54. The van der Waals surface area contributed by atoms with Crippen LogP contribution in [0, 0.1) is 0 Å². The highest BCUT2D eigenvalue weighted by Gasteiger charge is 2.12. The molecule has 1 rings (SSSR count). The van der Waals surface area contributed by atoms with Crippen molar-refractivity contribution in [2.75, 3.05) is 25.4 Å². The van der Waals surface area contributed by atoms with E-state index < -0.39 is 0 Å². The van der Waals surface area contributed by atoms with E-state index >= 15 is 0 Å². The van der Waals surface area contributed by atoms with Gasteiger partial charge in [0.2, 0.25) is 0 Å². The van der Waals surface area contributed by atoms with E-state index in [2.05, 4.69) is 29.0 Å². The van der Waals surface area contributed by atoms with Gasteiger partial charge in [0.15, 0.2) is 0 Å². The number of anilines is 1. The monoisotopic (exact) mass is 250 g/mol. The zero-order chi connectivity index (χ0) is 13.5. The molecule has 0 fully saturated rings. The van der Waals surface area contributed by atoms with Gasteiger partial charge in [0.1, 0.15) is 5.82 Å². The van der Waals surface area contributed by atoms with Crippen molar-refractivity contribution >= 4 is 11.7 Å². The second-order valence-electron chi connectivity index (χ2n) is 4.33. The number of likely N-dealkylation sites (N-methyl/N-ethyl adjacent to an activating group) is 1. The number of nitrogens with zero attached hydrogens (tertiary/aromatic N) is 2. The maximum atomic E-state index is 12.0. The van der Waals surface area contributed by atoms with Crippen molar-refractivity contribution in [3.8, 4) is 0 Å². The van der Waals surface area contributed by atoms with Crippen LogP contribution < -0.4 is 11.1 Å². The van der Waals surface area contributed by atoms with Crippen molar-refractivity contribution < 1.29 is 4.79 Å². The molecule has 0 radical (unpaired) electrons. The molecule has 0 aromatic carbocycles. The van der Waals surface area contributed by atoms with E-state index in [9.17, 15) is 4.79 Å². The summed E-state index contributed by atoms with van der Waals surface area (Å²) in [4.78, 5) is 18.1. The molecular weight excluding hydrogens is 228 g/mol. The van der Waals surface area contributed by atoms with Crippen LogP contribution >= 0.6 is 0 Å². The number of pyridine rings is 1. The van der Waals surface area contributed by atoms with Crippen LogP contribution in [0.15, 0.2) is 18.3 Å². The Morgan fingerprint density at radius 2 is 2.17 bits per heavy atom. The maximum absolute atomic E-state index is 12.0. The number of nitrogens with one attached hydrogen (secondary N) is 1. The normalized spacial score (nSPS) is 12.4. The van der Waals surface area contributed by atoms with Gasteiger partial charge >= 0.3 is 0 Å². The minimum Gasteiger partial charge on any atom is -0.384 e. The zero-order valence-electron chi connectivity index (χ0n) is 11.3. The quantitative estimate of drug-likeness (QED) is 0.794. The van der Waals surface area contributed by atoms with Crippen LogP contribution in [-0.4, -0.2) is 41.5 Å². The smallest absolute Gasteiger partial charge is 0.251 e. The van der Waals surface area contributed by atoms with Crippen molar-refractivity contribution in [1.29, 1.82) is 0 Å². The van der Waals surface area contributed by atoms with Crippen LogP contribution in [0.1, 0.15) is 31.1 Å². The van der Waals surface area contributed by atoms with Gasteiger partial charge in [-0.2, -0.15) is 0 Å². The van der Waals surface area contributed by atoms with Gasteiger partial charge in [0.25, 0.3) is 5.91 Å². The minimum atomic E-state index is -0.108. The summed E-state index contributed by atoms with van der Waals surface area (Å²) in [7, 11) is 0. The Labute approximate surface area is 108 Å². The molecule has 100 valence electrons. The molecule has 1 heterocycles. The number of carbonyl (C=O) groups excluding carboxylic acids is 1. The standard InChI is InChI=1S/C13H22N4O/c1-4-17(5-2)9-10(3)16-13(18)11-6-7-15-12(14)8-11/h6-8,10H,4-5,9H2,1-3H3,(H2,14,15)(H,16,18). The molecule has 18 heavy (non-hydrogen) atoms. The summed E-state index contributed by atoms with van der Waals surface area (Å²) < 4.78 is 0. The van der Waals surface area contributed by atoms with Crippen molar-refractivity contribution in [3.63, 3.8) is 0 Å². The zero-order valence-corrected chi connectivity index (χ0v) is 11.3. The summed E-state index contributed by atoms with van der Waals surface area (Å²) in [6, 6.07) is 3.35. The molecule has 3 N–H and O–H groups in total. The van der Waals surface area contributed by atoms with Gasteiger partial charge < -0.3 is 16.0 Å². The van der Waals surface area contributed by atoms with Crippen molar-refractivity contribution in [3.05, 3.63) is 23.9 Å². The number of hydrogen-bond donors (Lipinski definition) is 2. The highest BCUT2D eigenvalue weighted by atomic mass is 16.1. The fraction of sp³-hybridized carbons (Fsp3) is 0.538. The molecule has 1 aromatic heterocycles. The van der Waals surface area contributed by atoms with Crippen LogP contribution in [0.3, 0.4) is 0 Å². The Kier molecular flexibility index (Phi) is 5.58. The second kappa shape index (κ2) is 6.96. The first-order valence-corrected chi connectivity index (χ1v) is 6.31. The molecule has 5 nitrogen and oxygen atoms in total. The molecule has 0 aliphatic carbocycles. The van der Waals surface area contributed by atoms with Gasteiger partial charge in [0, 0.05) is 24.3 Å². The molecule has 0 spiro atoms. The summed E-state index contributed by atoms with van der Waals surface area (Å²) >= 11 is 0. The molecule has 1 atom stereocenters. The van der Waals surface area contributed by atoms with E-state index in [1.807, 2.05) is 6.92 Å². The maximum Gasteiger partial charge on any atom is 0.251 e. The largest absolute Gasteiger partial charge is 0.384 e. The highest BCUT2D eigenvalue weighted by molar-refractivity contribution is 5.94. The number of hydrogen-bond acceptors (Lipinski definition) is 4.